The van der Waals surface area contributed by atoms with E-state index < -0.39 is 10.3 Å². The molecule has 1 aromatic rings. The lowest BCUT2D eigenvalue weighted by atomic mass is 10.1. The Hall–Kier alpha value is 0.340. The van der Waals surface area contributed by atoms with Gasteiger partial charge in [0.15, 0.2) is 0 Å². The van der Waals surface area contributed by atoms with Crippen molar-refractivity contribution in [2.24, 2.45) is 5.92 Å². The van der Waals surface area contributed by atoms with E-state index >= 15 is 0 Å². The molecule has 0 radical (unpaired) electrons. The summed E-state index contributed by atoms with van der Waals surface area (Å²) in [6.07, 6.45) is 0.737. The summed E-state index contributed by atoms with van der Waals surface area (Å²) < 4.78 is -1.07. The summed E-state index contributed by atoms with van der Waals surface area (Å²) in [6, 6.07) is 3.26. The lowest BCUT2D eigenvalue weighted by Crippen LogP contribution is -1.91. The van der Waals surface area contributed by atoms with Crippen LogP contribution < -0.4 is 0 Å². The van der Waals surface area contributed by atoms with E-state index in [2.05, 4.69) is 0 Å². The Morgan fingerprint density at radius 3 is 2.00 bits per heavy atom. The topological polar surface area (TPSA) is 17.1 Å². The van der Waals surface area contributed by atoms with E-state index in [4.69, 9.17) is 58.0 Å². The van der Waals surface area contributed by atoms with E-state index in [0.29, 0.717) is 10.0 Å². The summed E-state index contributed by atoms with van der Waals surface area (Å²) in [4.78, 5) is 10.7. The van der Waals surface area contributed by atoms with Gasteiger partial charge in [0, 0.05) is 5.92 Å². The average Bonchev–Trinajstić information content (AvgIpc) is 2.76. The molecule has 2 rings (SSSR count). The molecule has 1 nitrogen and oxygen atoms in total. The first-order valence-corrected chi connectivity index (χ1v) is 6.26. The third-order valence-electron chi connectivity index (χ3n) is 2.62. The van der Waals surface area contributed by atoms with Crippen LogP contribution in [-0.4, -0.2) is 10.6 Å². The summed E-state index contributed by atoms with van der Waals surface area (Å²) in [5.41, 5.74) is 0.724. The quantitative estimate of drug-likeness (QED) is 0.437. The molecule has 0 spiro atoms. The van der Waals surface area contributed by atoms with Crippen LogP contribution in [0.5, 0.6) is 0 Å². The molecular formula is C10H5Cl5O. The summed E-state index contributed by atoms with van der Waals surface area (Å²) >= 11 is 29.5. The van der Waals surface area contributed by atoms with Gasteiger partial charge < -0.3 is 4.79 Å². The number of alkyl halides is 2. The molecule has 0 aliphatic heterocycles. The molecule has 0 heterocycles. The van der Waals surface area contributed by atoms with E-state index in [1.807, 2.05) is 0 Å². The average molecular weight is 318 g/mol. The van der Waals surface area contributed by atoms with E-state index in [0.717, 1.165) is 11.8 Å². The van der Waals surface area contributed by atoms with Crippen molar-refractivity contribution in [1.29, 1.82) is 0 Å². The number of halogens is 5. The molecule has 1 fully saturated rings. The smallest absolute Gasteiger partial charge is 0.136 e. The van der Waals surface area contributed by atoms with Crippen molar-refractivity contribution < 1.29 is 4.79 Å². The highest BCUT2D eigenvalue weighted by molar-refractivity contribution is 6.53. The number of benzene rings is 1. The molecule has 86 valence electrons. The monoisotopic (exact) mass is 316 g/mol. The highest BCUT2D eigenvalue weighted by atomic mass is 35.5. The van der Waals surface area contributed by atoms with Crippen LogP contribution in [0.4, 0.5) is 0 Å². The largest absolute Gasteiger partial charge is 0.303 e. The molecule has 1 saturated carbocycles. The van der Waals surface area contributed by atoms with Gasteiger partial charge in [0.25, 0.3) is 0 Å². The lowest BCUT2D eigenvalue weighted by molar-refractivity contribution is -0.108. The van der Waals surface area contributed by atoms with Crippen LogP contribution in [-0.2, 0) is 4.79 Å². The van der Waals surface area contributed by atoms with Crippen LogP contribution in [0.3, 0.4) is 0 Å². The summed E-state index contributed by atoms with van der Waals surface area (Å²) in [6.45, 7) is 0. The van der Waals surface area contributed by atoms with Crippen molar-refractivity contribution in [1.82, 2.24) is 0 Å². The van der Waals surface area contributed by atoms with Crippen molar-refractivity contribution in [3.8, 4) is 0 Å². The molecule has 1 unspecified atom stereocenters. The first-order chi connectivity index (χ1) is 7.39. The number of hydrogen-bond donors (Lipinski definition) is 0. The standard InChI is InChI=1S/C10H5Cl5O/c11-6-1-4(2-7(12)9(6)13)8-5(3-16)10(8,14)15/h1-3,5,8H/t5-,8?/m1/s1. The van der Waals surface area contributed by atoms with Gasteiger partial charge in [-0.2, -0.15) is 0 Å². The van der Waals surface area contributed by atoms with E-state index in [-0.39, 0.29) is 10.9 Å². The molecule has 1 aliphatic rings. The Kier molecular flexibility index (Phi) is 3.37. The highest BCUT2D eigenvalue weighted by Gasteiger charge is 2.64. The SMILES string of the molecule is O=C[C@@H]1C(c2cc(Cl)c(Cl)c(Cl)c2)C1(Cl)Cl. The highest BCUT2D eigenvalue weighted by Crippen LogP contribution is 2.64. The predicted octanol–water partition coefficient (Wildman–Crippen LogP) is 4.73. The molecular weight excluding hydrogens is 313 g/mol. The zero-order chi connectivity index (χ0) is 12.1. The van der Waals surface area contributed by atoms with Crippen LogP contribution in [0.25, 0.3) is 0 Å². The molecule has 16 heavy (non-hydrogen) atoms. The number of carbonyl (C=O) groups is 1. The normalized spacial score (nSPS) is 26.6. The summed E-state index contributed by atoms with van der Waals surface area (Å²) in [7, 11) is 0. The third-order valence-corrected chi connectivity index (χ3v) is 4.79. The van der Waals surface area contributed by atoms with Crippen LogP contribution in [0.15, 0.2) is 12.1 Å². The van der Waals surface area contributed by atoms with Crippen LogP contribution in [0.2, 0.25) is 15.1 Å². The van der Waals surface area contributed by atoms with Gasteiger partial charge in [-0.3, -0.25) is 0 Å². The van der Waals surface area contributed by atoms with Crippen molar-refractivity contribution in [2.75, 3.05) is 0 Å². The van der Waals surface area contributed by atoms with Crippen molar-refractivity contribution in [3.05, 3.63) is 32.8 Å². The first kappa shape index (κ1) is 12.8. The number of rotatable bonds is 2. The molecule has 6 heteroatoms. The Balaban J connectivity index is 2.41. The van der Waals surface area contributed by atoms with Crippen LogP contribution >= 0.6 is 58.0 Å². The van der Waals surface area contributed by atoms with Gasteiger partial charge in [0.05, 0.1) is 21.0 Å². The van der Waals surface area contributed by atoms with Gasteiger partial charge in [-0.1, -0.05) is 34.8 Å². The Morgan fingerprint density at radius 2 is 1.62 bits per heavy atom. The lowest BCUT2D eigenvalue weighted by Gasteiger charge is -2.04. The second-order valence-corrected chi connectivity index (χ2v) is 6.25. The van der Waals surface area contributed by atoms with Crippen molar-refractivity contribution >= 4 is 64.3 Å². The maximum atomic E-state index is 10.7. The van der Waals surface area contributed by atoms with Gasteiger partial charge in [-0.25, -0.2) is 0 Å². The van der Waals surface area contributed by atoms with Gasteiger partial charge in [0.2, 0.25) is 0 Å². The minimum Gasteiger partial charge on any atom is -0.303 e. The Labute approximate surface area is 118 Å². The van der Waals surface area contributed by atoms with E-state index in [9.17, 15) is 4.79 Å². The van der Waals surface area contributed by atoms with E-state index in [1.54, 1.807) is 12.1 Å². The fraction of sp³-hybridized carbons (Fsp3) is 0.300. The summed E-state index contributed by atoms with van der Waals surface area (Å²) in [5, 5.41) is 0.930. The Morgan fingerprint density at radius 1 is 1.12 bits per heavy atom. The molecule has 0 aromatic heterocycles. The second kappa shape index (κ2) is 4.22. The number of aldehydes is 1. The Bertz CT molecular complexity index is 434. The molecule has 0 bridgehead atoms. The number of hydrogen-bond acceptors (Lipinski definition) is 1. The summed E-state index contributed by atoms with van der Waals surface area (Å²) in [5.74, 6) is -0.704. The third kappa shape index (κ3) is 1.93. The minimum atomic E-state index is -1.07. The van der Waals surface area contributed by atoms with Crippen LogP contribution in [0, 0.1) is 5.92 Å². The predicted molar refractivity (Wildman–Crippen MR) is 68.2 cm³/mol. The number of carbonyl (C=O) groups excluding carboxylic acids is 1. The minimum absolute atomic E-state index is 0.277. The van der Waals surface area contributed by atoms with Gasteiger partial charge in [0.1, 0.15) is 10.6 Å². The zero-order valence-corrected chi connectivity index (χ0v) is 11.5. The molecule has 0 amide bonds. The second-order valence-electron chi connectivity index (χ2n) is 3.61. The molecule has 1 aromatic carbocycles. The molecule has 0 saturated heterocycles. The van der Waals surface area contributed by atoms with Crippen molar-refractivity contribution in [2.45, 2.75) is 10.3 Å². The van der Waals surface area contributed by atoms with Gasteiger partial charge >= 0.3 is 0 Å². The van der Waals surface area contributed by atoms with Gasteiger partial charge in [-0.15, -0.1) is 23.2 Å². The zero-order valence-electron chi connectivity index (χ0n) is 7.68. The van der Waals surface area contributed by atoms with Gasteiger partial charge in [-0.05, 0) is 17.7 Å². The maximum Gasteiger partial charge on any atom is 0.136 e. The van der Waals surface area contributed by atoms with E-state index in [1.165, 1.54) is 0 Å². The maximum absolute atomic E-state index is 10.7. The fourth-order valence-corrected chi connectivity index (χ4v) is 3.07. The molecule has 2 atom stereocenters. The molecule has 0 N–H and O–H groups in total. The first-order valence-electron chi connectivity index (χ1n) is 4.37. The fourth-order valence-electron chi connectivity index (χ4n) is 1.70. The van der Waals surface area contributed by atoms with Crippen molar-refractivity contribution in [3.63, 3.8) is 0 Å². The van der Waals surface area contributed by atoms with Crippen LogP contribution in [0.1, 0.15) is 11.5 Å². The molecule has 1 aliphatic carbocycles.